The first-order chi connectivity index (χ1) is 19.9. The number of hydrogen-bond donors (Lipinski definition) is 1. The van der Waals surface area contributed by atoms with Crippen LogP contribution in [0.4, 0.5) is 5.13 Å². The number of hydrogen-bond acceptors (Lipinski definition) is 7. The van der Waals surface area contributed by atoms with E-state index in [1.807, 2.05) is 36.4 Å². The maximum Gasteiger partial charge on any atom is 0.301 e. The first-order valence-corrected chi connectivity index (χ1v) is 13.9. The lowest BCUT2D eigenvalue weighted by Gasteiger charge is -2.23. The monoisotopic (exact) mass is 582 g/mol. The van der Waals surface area contributed by atoms with Gasteiger partial charge in [-0.05, 0) is 65.7 Å². The number of carbonyl (C=O) groups is 2. The Morgan fingerprint density at radius 1 is 0.951 bits per heavy atom. The number of ether oxygens (including phenoxy) is 2. The number of benzene rings is 4. The van der Waals surface area contributed by atoms with Crippen LogP contribution in [-0.2, 0) is 16.2 Å². The molecule has 1 saturated heterocycles. The van der Waals surface area contributed by atoms with Crippen molar-refractivity contribution in [3.63, 3.8) is 0 Å². The van der Waals surface area contributed by atoms with E-state index in [1.54, 1.807) is 67.8 Å². The molecule has 5 aromatic rings. The van der Waals surface area contributed by atoms with Gasteiger partial charge in [0.25, 0.3) is 5.78 Å². The summed E-state index contributed by atoms with van der Waals surface area (Å²) in [5.74, 6) is -0.743. The summed E-state index contributed by atoms with van der Waals surface area (Å²) in [5, 5.41) is 12.3. The van der Waals surface area contributed by atoms with E-state index in [4.69, 9.17) is 21.1 Å². The molecule has 1 aliphatic rings. The molecule has 1 amide bonds. The number of amides is 1. The summed E-state index contributed by atoms with van der Waals surface area (Å²) in [6.07, 6.45) is 0. The summed E-state index contributed by atoms with van der Waals surface area (Å²) in [6.45, 7) is 0.342. The predicted octanol–water partition coefficient (Wildman–Crippen LogP) is 7.16. The molecule has 0 saturated carbocycles. The van der Waals surface area contributed by atoms with Crippen LogP contribution in [0, 0.1) is 0 Å². The van der Waals surface area contributed by atoms with Gasteiger partial charge in [-0.25, -0.2) is 4.98 Å². The second-order valence-corrected chi connectivity index (χ2v) is 10.8. The summed E-state index contributed by atoms with van der Waals surface area (Å²) in [4.78, 5) is 33.1. The van der Waals surface area contributed by atoms with Gasteiger partial charge < -0.3 is 14.6 Å². The lowest BCUT2D eigenvalue weighted by atomic mass is 9.95. The van der Waals surface area contributed by atoms with Crippen molar-refractivity contribution in [3.8, 4) is 11.5 Å². The fourth-order valence-electron chi connectivity index (χ4n) is 4.75. The Balaban J connectivity index is 1.47. The van der Waals surface area contributed by atoms with Crippen molar-refractivity contribution in [2.45, 2.75) is 12.6 Å². The molecule has 1 fully saturated rings. The minimum Gasteiger partial charge on any atom is -0.507 e. The molecule has 6 rings (SSSR count). The van der Waals surface area contributed by atoms with Crippen molar-refractivity contribution in [2.75, 3.05) is 12.0 Å². The van der Waals surface area contributed by atoms with Crippen molar-refractivity contribution in [3.05, 3.63) is 124 Å². The lowest BCUT2D eigenvalue weighted by Crippen LogP contribution is -2.29. The standard InChI is InChI=1S/C32H23ClN2O5S/c1-39-23-13-10-20(11-14-23)29(36)27-28(21-8-5-9-24(16-21)40-18-19-6-3-2-4-7-19)35(31(38)30(27)37)32-34-25-15-12-22(33)17-26(25)41-32/h2-17,28,36H,18H2,1H3/b29-27+. The fraction of sp³-hybridized carbons (Fsp3) is 0.0938. The highest BCUT2D eigenvalue weighted by molar-refractivity contribution is 7.22. The van der Waals surface area contributed by atoms with Crippen LogP contribution in [0.2, 0.25) is 5.02 Å². The molecule has 204 valence electrons. The van der Waals surface area contributed by atoms with Gasteiger partial charge in [-0.15, -0.1) is 0 Å². The SMILES string of the molecule is COc1ccc(/C(O)=C2\C(=O)C(=O)N(c3nc4ccc(Cl)cc4s3)C2c2cccc(OCc3ccccc3)c2)cc1. The van der Waals surface area contributed by atoms with Crippen LogP contribution in [0.3, 0.4) is 0 Å². The third-order valence-electron chi connectivity index (χ3n) is 6.78. The molecule has 7 nitrogen and oxygen atoms in total. The van der Waals surface area contributed by atoms with Gasteiger partial charge in [0.1, 0.15) is 23.9 Å². The first-order valence-electron chi connectivity index (χ1n) is 12.7. The molecule has 0 spiro atoms. The lowest BCUT2D eigenvalue weighted by molar-refractivity contribution is -0.132. The number of anilines is 1. The predicted molar refractivity (Wildman–Crippen MR) is 160 cm³/mol. The average Bonchev–Trinajstić information content (AvgIpc) is 3.53. The number of halogens is 1. The molecule has 0 radical (unpaired) electrons. The van der Waals surface area contributed by atoms with Crippen LogP contribution < -0.4 is 14.4 Å². The number of Topliss-reactive ketones (excluding diaryl/α,β-unsaturated/α-hetero) is 1. The smallest absolute Gasteiger partial charge is 0.301 e. The van der Waals surface area contributed by atoms with E-state index in [-0.39, 0.29) is 11.3 Å². The molecule has 41 heavy (non-hydrogen) atoms. The van der Waals surface area contributed by atoms with Crippen molar-refractivity contribution >= 4 is 55.7 Å². The molecule has 1 aliphatic heterocycles. The summed E-state index contributed by atoms with van der Waals surface area (Å²) < 4.78 is 12.0. The van der Waals surface area contributed by atoms with E-state index in [0.29, 0.717) is 44.9 Å². The van der Waals surface area contributed by atoms with Gasteiger partial charge in [0.15, 0.2) is 5.13 Å². The van der Waals surface area contributed by atoms with E-state index in [1.165, 1.54) is 16.2 Å². The van der Waals surface area contributed by atoms with Crippen molar-refractivity contribution < 1.29 is 24.2 Å². The highest BCUT2D eigenvalue weighted by Crippen LogP contribution is 2.45. The second kappa shape index (κ2) is 11.1. The van der Waals surface area contributed by atoms with Crippen molar-refractivity contribution in [2.24, 2.45) is 0 Å². The number of methoxy groups -OCH3 is 1. The van der Waals surface area contributed by atoms with E-state index in [9.17, 15) is 14.7 Å². The van der Waals surface area contributed by atoms with E-state index in [2.05, 4.69) is 4.98 Å². The number of aliphatic hydroxyl groups is 1. The number of rotatable bonds is 7. The molecule has 2 heterocycles. The van der Waals surface area contributed by atoms with Gasteiger partial charge in [-0.3, -0.25) is 14.5 Å². The largest absolute Gasteiger partial charge is 0.507 e. The Kier molecular flexibility index (Phi) is 7.17. The normalized spacial score (nSPS) is 16.3. The van der Waals surface area contributed by atoms with E-state index < -0.39 is 17.7 Å². The van der Waals surface area contributed by atoms with Gasteiger partial charge in [0, 0.05) is 10.6 Å². The minimum absolute atomic E-state index is 0.0438. The third-order valence-corrected chi connectivity index (χ3v) is 8.03. The van der Waals surface area contributed by atoms with E-state index in [0.717, 1.165) is 10.3 Å². The van der Waals surface area contributed by atoms with Crippen LogP contribution in [0.5, 0.6) is 11.5 Å². The van der Waals surface area contributed by atoms with Crippen molar-refractivity contribution in [1.82, 2.24) is 4.98 Å². The zero-order valence-corrected chi connectivity index (χ0v) is 23.4. The Morgan fingerprint density at radius 3 is 2.49 bits per heavy atom. The minimum atomic E-state index is -0.951. The van der Waals surface area contributed by atoms with Crippen LogP contribution in [-0.4, -0.2) is 28.9 Å². The highest BCUT2D eigenvalue weighted by Gasteiger charge is 2.48. The zero-order valence-electron chi connectivity index (χ0n) is 21.8. The zero-order chi connectivity index (χ0) is 28.5. The molecule has 0 bridgehead atoms. The molecule has 9 heteroatoms. The van der Waals surface area contributed by atoms with Crippen molar-refractivity contribution in [1.29, 1.82) is 0 Å². The highest BCUT2D eigenvalue weighted by atomic mass is 35.5. The topological polar surface area (TPSA) is 89.0 Å². The summed E-state index contributed by atoms with van der Waals surface area (Å²) >= 11 is 7.43. The molecule has 4 aromatic carbocycles. The Labute approximate surface area is 244 Å². The maximum absolute atomic E-state index is 13.6. The Morgan fingerprint density at radius 2 is 1.73 bits per heavy atom. The molecule has 0 aliphatic carbocycles. The number of nitrogens with zero attached hydrogens (tertiary/aromatic N) is 2. The van der Waals surface area contributed by atoms with Gasteiger partial charge in [-0.1, -0.05) is 65.4 Å². The number of aliphatic hydroxyl groups excluding tert-OH is 1. The third kappa shape index (κ3) is 5.15. The van der Waals surface area contributed by atoms with Crippen LogP contribution in [0.15, 0.2) is 103 Å². The second-order valence-electron chi connectivity index (χ2n) is 9.35. The first kappa shape index (κ1) is 26.6. The van der Waals surface area contributed by atoms with Gasteiger partial charge >= 0.3 is 5.91 Å². The summed E-state index contributed by atoms with van der Waals surface area (Å²) in [7, 11) is 1.54. The van der Waals surface area contributed by atoms with Gasteiger partial charge in [-0.2, -0.15) is 0 Å². The maximum atomic E-state index is 13.6. The number of carbonyl (C=O) groups excluding carboxylic acids is 2. The number of thiazole rings is 1. The quantitative estimate of drug-likeness (QED) is 0.124. The molecule has 1 atom stereocenters. The van der Waals surface area contributed by atoms with E-state index >= 15 is 0 Å². The molecular weight excluding hydrogens is 560 g/mol. The number of aromatic nitrogens is 1. The van der Waals surface area contributed by atoms with Crippen LogP contribution >= 0.6 is 22.9 Å². The van der Waals surface area contributed by atoms with Gasteiger partial charge in [0.05, 0.1) is 28.9 Å². The summed E-state index contributed by atoms with van der Waals surface area (Å²) in [5.41, 5.74) is 2.56. The molecular formula is C32H23ClN2O5S. The number of ketones is 1. The van der Waals surface area contributed by atoms with Crippen LogP contribution in [0.25, 0.3) is 16.0 Å². The average molecular weight is 583 g/mol. The Bertz CT molecular complexity index is 1800. The van der Waals surface area contributed by atoms with Gasteiger partial charge in [0.2, 0.25) is 0 Å². The Hall–Kier alpha value is -4.66. The molecule has 1 N–H and O–H groups in total. The molecule has 1 aromatic heterocycles. The molecule has 1 unspecified atom stereocenters. The number of fused-ring (bicyclic) bond motifs is 1. The fourth-order valence-corrected chi connectivity index (χ4v) is 6.02. The van der Waals surface area contributed by atoms with Crippen LogP contribution in [0.1, 0.15) is 22.7 Å². The summed E-state index contributed by atoms with van der Waals surface area (Å²) in [6, 6.07) is 27.8.